The van der Waals surface area contributed by atoms with Crippen LogP contribution in [-0.2, 0) is 4.74 Å². The van der Waals surface area contributed by atoms with E-state index in [-0.39, 0.29) is 0 Å². The highest BCUT2D eigenvalue weighted by Crippen LogP contribution is 2.36. The Labute approximate surface area is 126 Å². The van der Waals surface area contributed by atoms with Crippen LogP contribution in [0.1, 0.15) is 79.1 Å². The van der Waals surface area contributed by atoms with Gasteiger partial charge in [0.25, 0.3) is 0 Å². The van der Waals surface area contributed by atoms with E-state index in [1.807, 2.05) is 6.92 Å². The Balaban J connectivity index is 2.33. The van der Waals surface area contributed by atoms with Crippen molar-refractivity contribution in [2.45, 2.75) is 84.7 Å². The first-order chi connectivity index (χ1) is 9.50. The Morgan fingerprint density at radius 3 is 2.55 bits per heavy atom. The third kappa shape index (κ3) is 6.13. The molecule has 0 aromatic rings. The minimum absolute atomic E-state index is 0.530. The molecule has 0 aromatic carbocycles. The molecule has 1 saturated carbocycles. The molecule has 1 rings (SSSR count). The maximum absolute atomic E-state index is 10.6. The van der Waals surface area contributed by atoms with Gasteiger partial charge in [-0.25, -0.2) is 0 Å². The zero-order valence-electron chi connectivity index (χ0n) is 14.2. The van der Waals surface area contributed by atoms with Crippen molar-refractivity contribution in [1.82, 2.24) is 0 Å². The fourth-order valence-electron chi connectivity index (χ4n) is 3.65. The predicted molar refractivity (Wildman–Crippen MR) is 85.9 cm³/mol. The monoisotopic (exact) mass is 284 g/mol. The third-order valence-electron chi connectivity index (χ3n) is 5.24. The standard InChI is InChI=1S/C18H36O2/c1-5-8-15(3)16(4)10-11-17-9-7-12-18(19,13-17)14-20-6-2/h15-17,19H,5-14H2,1-4H3/t15-,16-,17+,18+/m0/s1. The highest BCUT2D eigenvalue weighted by Gasteiger charge is 2.34. The summed E-state index contributed by atoms with van der Waals surface area (Å²) in [4.78, 5) is 0. The minimum Gasteiger partial charge on any atom is -0.387 e. The molecule has 120 valence electrons. The van der Waals surface area contributed by atoms with Crippen molar-refractivity contribution in [3.8, 4) is 0 Å². The number of hydrogen-bond acceptors (Lipinski definition) is 2. The van der Waals surface area contributed by atoms with Crippen LogP contribution in [0.2, 0.25) is 0 Å². The summed E-state index contributed by atoms with van der Waals surface area (Å²) in [7, 11) is 0. The lowest BCUT2D eigenvalue weighted by Gasteiger charge is -2.37. The van der Waals surface area contributed by atoms with Crippen LogP contribution in [0.4, 0.5) is 0 Å². The van der Waals surface area contributed by atoms with Gasteiger partial charge < -0.3 is 9.84 Å². The minimum atomic E-state index is -0.544. The second kappa shape index (κ2) is 9.04. The van der Waals surface area contributed by atoms with Gasteiger partial charge in [0.1, 0.15) is 0 Å². The summed E-state index contributed by atoms with van der Waals surface area (Å²) in [5.74, 6) is 2.35. The maximum Gasteiger partial charge on any atom is 0.0882 e. The van der Waals surface area contributed by atoms with Crippen LogP contribution in [0.3, 0.4) is 0 Å². The summed E-state index contributed by atoms with van der Waals surface area (Å²) < 4.78 is 5.47. The molecule has 1 fully saturated rings. The highest BCUT2D eigenvalue weighted by molar-refractivity contribution is 4.86. The van der Waals surface area contributed by atoms with Gasteiger partial charge in [0.05, 0.1) is 12.2 Å². The van der Waals surface area contributed by atoms with E-state index < -0.39 is 5.60 Å². The SMILES string of the molecule is CCC[C@H](C)[C@@H](C)CC[C@H]1CCC[C@](O)(COCC)C1. The van der Waals surface area contributed by atoms with Crippen LogP contribution in [-0.4, -0.2) is 23.9 Å². The number of aliphatic hydroxyl groups is 1. The zero-order chi connectivity index (χ0) is 15.0. The van der Waals surface area contributed by atoms with Gasteiger partial charge in [0.15, 0.2) is 0 Å². The molecule has 20 heavy (non-hydrogen) atoms. The largest absolute Gasteiger partial charge is 0.387 e. The zero-order valence-corrected chi connectivity index (χ0v) is 14.2. The Hall–Kier alpha value is -0.0800. The number of hydrogen-bond donors (Lipinski definition) is 1. The highest BCUT2D eigenvalue weighted by atomic mass is 16.5. The predicted octanol–water partition coefficient (Wildman–Crippen LogP) is 4.80. The first kappa shape index (κ1) is 18.0. The molecule has 1 aliphatic carbocycles. The van der Waals surface area contributed by atoms with E-state index in [1.54, 1.807) is 0 Å². The molecular formula is C18H36O2. The average Bonchev–Trinajstić information content (AvgIpc) is 2.43. The summed E-state index contributed by atoms with van der Waals surface area (Å²) in [5, 5.41) is 10.6. The van der Waals surface area contributed by atoms with Gasteiger partial charge >= 0.3 is 0 Å². The number of rotatable bonds is 9. The van der Waals surface area contributed by atoms with Crippen molar-refractivity contribution in [1.29, 1.82) is 0 Å². The van der Waals surface area contributed by atoms with Crippen molar-refractivity contribution >= 4 is 0 Å². The van der Waals surface area contributed by atoms with Crippen LogP contribution in [0, 0.1) is 17.8 Å². The number of ether oxygens (including phenoxy) is 1. The molecule has 0 bridgehead atoms. The van der Waals surface area contributed by atoms with Gasteiger partial charge in [0.2, 0.25) is 0 Å². The molecule has 0 heterocycles. The smallest absolute Gasteiger partial charge is 0.0882 e. The van der Waals surface area contributed by atoms with Crippen LogP contribution in [0.5, 0.6) is 0 Å². The Morgan fingerprint density at radius 2 is 1.90 bits per heavy atom. The molecule has 2 nitrogen and oxygen atoms in total. The fourth-order valence-corrected chi connectivity index (χ4v) is 3.65. The normalized spacial score (nSPS) is 30.1. The van der Waals surface area contributed by atoms with E-state index in [9.17, 15) is 5.11 Å². The molecule has 0 aliphatic heterocycles. The van der Waals surface area contributed by atoms with Gasteiger partial charge in [-0.3, -0.25) is 0 Å². The molecule has 1 aliphatic rings. The van der Waals surface area contributed by atoms with Gasteiger partial charge in [-0.2, -0.15) is 0 Å². The van der Waals surface area contributed by atoms with Crippen LogP contribution >= 0.6 is 0 Å². The van der Waals surface area contributed by atoms with Crippen molar-refractivity contribution in [3.05, 3.63) is 0 Å². The van der Waals surface area contributed by atoms with Crippen LogP contribution in [0.25, 0.3) is 0 Å². The quantitative estimate of drug-likeness (QED) is 0.659. The summed E-state index contributed by atoms with van der Waals surface area (Å²) >= 11 is 0. The second-order valence-electron chi connectivity index (χ2n) is 7.14. The summed E-state index contributed by atoms with van der Waals surface area (Å²) in [6.07, 6.45) is 9.56. The van der Waals surface area contributed by atoms with Gasteiger partial charge in [-0.05, 0) is 37.5 Å². The van der Waals surface area contributed by atoms with E-state index in [2.05, 4.69) is 20.8 Å². The van der Waals surface area contributed by atoms with E-state index in [0.717, 1.165) is 31.1 Å². The van der Waals surface area contributed by atoms with Gasteiger partial charge in [0, 0.05) is 6.61 Å². The molecule has 0 aromatic heterocycles. The van der Waals surface area contributed by atoms with E-state index in [4.69, 9.17) is 4.74 Å². The molecule has 4 atom stereocenters. The molecular weight excluding hydrogens is 248 g/mol. The lowest BCUT2D eigenvalue weighted by atomic mass is 9.75. The molecule has 0 radical (unpaired) electrons. The van der Waals surface area contributed by atoms with E-state index >= 15 is 0 Å². The molecule has 1 N–H and O–H groups in total. The van der Waals surface area contributed by atoms with Crippen molar-refractivity contribution < 1.29 is 9.84 Å². The first-order valence-corrected chi connectivity index (χ1v) is 8.81. The first-order valence-electron chi connectivity index (χ1n) is 8.81. The van der Waals surface area contributed by atoms with Crippen LogP contribution < -0.4 is 0 Å². The molecule has 2 heteroatoms. The van der Waals surface area contributed by atoms with Gasteiger partial charge in [-0.1, -0.05) is 59.3 Å². The van der Waals surface area contributed by atoms with Gasteiger partial charge in [-0.15, -0.1) is 0 Å². The maximum atomic E-state index is 10.6. The molecule has 0 unspecified atom stereocenters. The summed E-state index contributed by atoms with van der Waals surface area (Å²) in [6, 6.07) is 0. The van der Waals surface area contributed by atoms with Crippen LogP contribution in [0.15, 0.2) is 0 Å². The Bertz CT molecular complexity index is 254. The van der Waals surface area contributed by atoms with Crippen molar-refractivity contribution in [3.63, 3.8) is 0 Å². The van der Waals surface area contributed by atoms with E-state index in [1.165, 1.54) is 32.1 Å². The average molecular weight is 284 g/mol. The fraction of sp³-hybridized carbons (Fsp3) is 1.00. The van der Waals surface area contributed by atoms with E-state index in [0.29, 0.717) is 19.1 Å². The second-order valence-corrected chi connectivity index (χ2v) is 7.14. The third-order valence-corrected chi connectivity index (χ3v) is 5.24. The molecule has 0 amide bonds. The summed E-state index contributed by atoms with van der Waals surface area (Å²) in [5.41, 5.74) is -0.544. The van der Waals surface area contributed by atoms with Crippen molar-refractivity contribution in [2.75, 3.05) is 13.2 Å². The van der Waals surface area contributed by atoms with Crippen molar-refractivity contribution in [2.24, 2.45) is 17.8 Å². The summed E-state index contributed by atoms with van der Waals surface area (Å²) in [6.45, 7) is 10.3. The lowest BCUT2D eigenvalue weighted by Crippen LogP contribution is -2.40. The Kier molecular flexibility index (Phi) is 8.13. The molecule has 0 saturated heterocycles. The molecule has 0 spiro atoms. The Morgan fingerprint density at radius 1 is 1.20 bits per heavy atom. The lowest BCUT2D eigenvalue weighted by molar-refractivity contribution is -0.0796. The topological polar surface area (TPSA) is 29.5 Å².